The van der Waals surface area contributed by atoms with Gasteiger partial charge in [0, 0.05) is 17.6 Å². The van der Waals surface area contributed by atoms with Crippen molar-refractivity contribution in [3.63, 3.8) is 0 Å². The number of fused-ring (bicyclic) bond motifs is 2. The minimum Gasteiger partial charge on any atom is -0.491 e. The Labute approximate surface area is 170 Å². The molecule has 0 aliphatic carbocycles. The first-order chi connectivity index (χ1) is 14.5. The third kappa shape index (κ3) is 3.07. The largest absolute Gasteiger partial charge is 0.491 e. The lowest BCUT2D eigenvalue weighted by atomic mass is 10.1. The number of aliphatic hydroxyl groups excluding tert-OH is 2. The fourth-order valence-electron chi connectivity index (χ4n) is 3.67. The predicted octanol–water partition coefficient (Wildman–Crippen LogP) is 0.842. The molecule has 1 unspecified atom stereocenters. The molecule has 0 bridgehead atoms. The summed E-state index contributed by atoms with van der Waals surface area (Å²) in [7, 11) is 0. The number of ether oxygens (including phenoxy) is 2. The Morgan fingerprint density at radius 3 is 2.77 bits per heavy atom. The number of nitrogens with two attached hydrogens (primary N) is 2. The molecule has 1 fully saturated rings. The van der Waals surface area contributed by atoms with Crippen LogP contribution in [0.1, 0.15) is 6.23 Å². The van der Waals surface area contributed by atoms with Crippen LogP contribution in [0.25, 0.3) is 21.9 Å². The lowest BCUT2D eigenvalue weighted by Gasteiger charge is -2.17. The van der Waals surface area contributed by atoms with Crippen LogP contribution in [-0.2, 0) is 4.74 Å². The molecule has 0 spiro atoms. The zero-order chi connectivity index (χ0) is 20.8. The summed E-state index contributed by atoms with van der Waals surface area (Å²) in [4.78, 5) is 12.4. The molecular weight excluding hydrogens is 388 g/mol. The Morgan fingerprint density at radius 1 is 1.07 bits per heavy atom. The fraction of sp³-hybridized carbons (Fsp3) is 0.250. The SMILES string of the molecule is Nc1ccc2ccc(OCC3O[C@@H](n4ccc5c(N)ncnc54)[C@H](O)[C@@H]3O)cc2n1. The first kappa shape index (κ1) is 18.6. The first-order valence-corrected chi connectivity index (χ1v) is 9.39. The highest BCUT2D eigenvalue weighted by Gasteiger charge is 2.44. The van der Waals surface area contributed by atoms with Crippen molar-refractivity contribution in [1.29, 1.82) is 0 Å². The molecule has 4 atom stereocenters. The second-order valence-electron chi connectivity index (χ2n) is 7.17. The van der Waals surface area contributed by atoms with Crippen molar-refractivity contribution in [2.45, 2.75) is 24.5 Å². The van der Waals surface area contributed by atoms with E-state index in [4.69, 9.17) is 20.9 Å². The summed E-state index contributed by atoms with van der Waals surface area (Å²) in [5, 5.41) is 22.6. The zero-order valence-corrected chi connectivity index (χ0v) is 15.8. The smallest absolute Gasteiger partial charge is 0.164 e. The molecule has 154 valence electrons. The number of aliphatic hydroxyl groups is 2. The number of nitrogens with zero attached hydrogens (tertiary/aromatic N) is 4. The summed E-state index contributed by atoms with van der Waals surface area (Å²) in [6.45, 7) is 0.0405. The van der Waals surface area contributed by atoms with Crippen LogP contribution in [0.15, 0.2) is 48.9 Å². The van der Waals surface area contributed by atoms with Gasteiger partial charge in [-0.3, -0.25) is 0 Å². The van der Waals surface area contributed by atoms with Gasteiger partial charge in [0.05, 0.1) is 10.9 Å². The van der Waals surface area contributed by atoms with Gasteiger partial charge in [-0.15, -0.1) is 0 Å². The first-order valence-electron chi connectivity index (χ1n) is 9.39. The number of nitrogen functional groups attached to an aromatic ring is 2. The van der Waals surface area contributed by atoms with Gasteiger partial charge in [-0.05, 0) is 30.3 Å². The minimum absolute atomic E-state index is 0.0405. The molecule has 0 amide bonds. The molecule has 0 radical (unpaired) electrons. The van der Waals surface area contributed by atoms with E-state index in [0.717, 1.165) is 5.39 Å². The monoisotopic (exact) mass is 408 g/mol. The number of aromatic nitrogens is 4. The quantitative estimate of drug-likeness (QED) is 0.384. The molecule has 3 aromatic heterocycles. The van der Waals surface area contributed by atoms with E-state index in [9.17, 15) is 10.2 Å². The maximum absolute atomic E-state index is 10.5. The van der Waals surface area contributed by atoms with E-state index in [1.54, 1.807) is 35.0 Å². The molecule has 5 rings (SSSR count). The van der Waals surface area contributed by atoms with Gasteiger partial charge in [-0.2, -0.15) is 0 Å². The number of pyridine rings is 1. The Balaban J connectivity index is 1.34. The van der Waals surface area contributed by atoms with Gasteiger partial charge in [0.25, 0.3) is 0 Å². The van der Waals surface area contributed by atoms with Crippen molar-refractivity contribution >= 4 is 33.6 Å². The van der Waals surface area contributed by atoms with Crippen LogP contribution in [0.3, 0.4) is 0 Å². The molecule has 1 aromatic carbocycles. The molecular formula is C20H20N6O4. The van der Waals surface area contributed by atoms with Crippen molar-refractivity contribution in [2.75, 3.05) is 18.1 Å². The molecule has 10 heteroatoms. The number of benzene rings is 1. The summed E-state index contributed by atoms with van der Waals surface area (Å²) in [6.07, 6.45) is -0.847. The van der Waals surface area contributed by atoms with Gasteiger partial charge in [-0.1, -0.05) is 0 Å². The lowest BCUT2D eigenvalue weighted by Crippen LogP contribution is -2.34. The molecule has 1 aliphatic rings. The Hall–Kier alpha value is -3.47. The van der Waals surface area contributed by atoms with Crippen molar-refractivity contribution in [3.8, 4) is 5.75 Å². The average Bonchev–Trinajstić information content (AvgIpc) is 3.29. The summed E-state index contributed by atoms with van der Waals surface area (Å²) in [5.74, 6) is 1.31. The standard InChI is InChI=1S/C20H20N6O4/c21-15-4-2-10-1-3-11(7-13(10)25-15)29-8-14-16(27)17(28)20(30-14)26-6-5-12-18(22)23-9-24-19(12)26/h1-7,9,14,16-17,20,27-28H,8H2,(H2,21,25)(H2,22,23,24)/t14?,16-,17-,20-/m1/s1. The highest BCUT2D eigenvalue weighted by Crippen LogP contribution is 2.33. The molecule has 4 aromatic rings. The summed E-state index contributed by atoms with van der Waals surface area (Å²) in [5.41, 5.74) is 12.8. The lowest BCUT2D eigenvalue weighted by molar-refractivity contribution is -0.0471. The molecule has 30 heavy (non-hydrogen) atoms. The number of rotatable bonds is 4. The third-order valence-corrected chi connectivity index (χ3v) is 5.25. The van der Waals surface area contributed by atoms with Gasteiger partial charge in [0.2, 0.25) is 0 Å². The van der Waals surface area contributed by atoms with Crippen molar-refractivity contribution in [3.05, 3.63) is 48.9 Å². The van der Waals surface area contributed by atoms with Gasteiger partial charge < -0.3 is 35.7 Å². The van der Waals surface area contributed by atoms with Crippen LogP contribution >= 0.6 is 0 Å². The Morgan fingerprint density at radius 2 is 1.90 bits per heavy atom. The van der Waals surface area contributed by atoms with E-state index in [-0.39, 0.29) is 6.61 Å². The number of anilines is 2. The van der Waals surface area contributed by atoms with E-state index < -0.39 is 24.5 Å². The van der Waals surface area contributed by atoms with E-state index in [2.05, 4.69) is 15.0 Å². The van der Waals surface area contributed by atoms with Crippen molar-refractivity contribution in [2.24, 2.45) is 0 Å². The molecule has 0 saturated carbocycles. The van der Waals surface area contributed by atoms with E-state index in [0.29, 0.717) is 33.9 Å². The molecule has 4 heterocycles. The number of hydrogen-bond donors (Lipinski definition) is 4. The van der Waals surface area contributed by atoms with Gasteiger partial charge >= 0.3 is 0 Å². The zero-order valence-electron chi connectivity index (χ0n) is 15.8. The minimum atomic E-state index is -1.16. The number of hydrogen-bond acceptors (Lipinski definition) is 9. The second kappa shape index (κ2) is 7.10. The Bertz CT molecular complexity index is 1230. The van der Waals surface area contributed by atoms with Crippen LogP contribution in [0.2, 0.25) is 0 Å². The fourth-order valence-corrected chi connectivity index (χ4v) is 3.67. The second-order valence-corrected chi connectivity index (χ2v) is 7.17. The van der Waals surface area contributed by atoms with Crippen molar-refractivity contribution in [1.82, 2.24) is 19.5 Å². The van der Waals surface area contributed by atoms with Crippen LogP contribution in [0.5, 0.6) is 5.75 Å². The average molecular weight is 408 g/mol. The van der Waals surface area contributed by atoms with Gasteiger partial charge in [0.1, 0.15) is 54.3 Å². The topological polar surface area (TPSA) is 155 Å². The summed E-state index contributed by atoms with van der Waals surface area (Å²) in [6, 6.07) is 10.8. The van der Waals surface area contributed by atoms with Crippen LogP contribution in [-0.4, -0.2) is 54.7 Å². The Kier molecular flexibility index (Phi) is 4.39. The highest BCUT2D eigenvalue weighted by atomic mass is 16.6. The van der Waals surface area contributed by atoms with Crippen LogP contribution in [0.4, 0.5) is 11.6 Å². The van der Waals surface area contributed by atoms with Gasteiger partial charge in [0.15, 0.2) is 6.23 Å². The van der Waals surface area contributed by atoms with E-state index >= 15 is 0 Å². The van der Waals surface area contributed by atoms with E-state index in [1.165, 1.54) is 6.33 Å². The van der Waals surface area contributed by atoms with Crippen LogP contribution < -0.4 is 16.2 Å². The van der Waals surface area contributed by atoms with E-state index in [1.807, 2.05) is 12.1 Å². The maximum Gasteiger partial charge on any atom is 0.164 e. The highest BCUT2D eigenvalue weighted by molar-refractivity contribution is 5.86. The maximum atomic E-state index is 10.5. The third-order valence-electron chi connectivity index (χ3n) is 5.25. The predicted molar refractivity (Wildman–Crippen MR) is 110 cm³/mol. The molecule has 1 saturated heterocycles. The van der Waals surface area contributed by atoms with Crippen molar-refractivity contribution < 1.29 is 19.7 Å². The molecule has 1 aliphatic heterocycles. The normalized spacial score (nSPS) is 23.9. The summed E-state index contributed by atoms with van der Waals surface area (Å²) < 4.78 is 13.3. The van der Waals surface area contributed by atoms with Crippen LogP contribution in [0, 0.1) is 0 Å². The summed E-state index contributed by atoms with van der Waals surface area (Å²) >= 11 is 0. The van der Waals surface area contributed by atoms with Gasteiger partial charge in [-0.25, -0.2) is 15.0 Å². The molecule has 10 nitrogen and oxygen atoms in total. The molecule has 6 N–H and O–H groups in total.